The van der Waals surface area contributed by atoms with E-state index >= 15 is 0 Å². The zero-order valence-corrected chi connectivity index (χ0v) is 16.5. The van der Waals surface area contributed by atoms with Gasteiger partial charge in [-0.25, -0.2) is 0 Å². The first-order valence-electron chi connectivity index (χ1n) is 9.22. The van der Waals surface area contributed by atoms with Gasteiger partial charge in [-0.1, -0.05) is 19.9 Å². The Labute approximate surface area is 163 Å². The summed E-state index contributed by atoms with van der Waals surface area (Å²) < 4.78 is 47.9. The zero-order chi connectivity index (χ0) is 21.2. The number of methoxy groups -OCH3 is 1. The highest BCUT2D eigenvalue weighted by atomic mass is 19.4. The van der Waals surface area contributed by atoms with E-state index in [2.05, 4.69) is 5.32 Å². The molecule has 1 atom stereocenters. The quantitative estimate of drug-likeness (QED) is 0.308. The average molecular weight is 403 g/mol. The third-order valence-corrected chi connectivity index (χ3v) is 4.27. The molecule has 28 heavy (non-hydrogen) atoms. The van der Waals surface area contributed by atoms with Crippen molar-refractivity contribution >= 4 is 12.2 Å². The first-order chi connectivity index (χ1) is 13.2. The van der Waals surface area contributed by atoms with E-state index in [0.29, 0.717) is 25.9 Å². The largest absolute Gasteiger partial charge is 0.493 e. The summed E-state index contributed by atoms with van der Waals surface area (Å²) in [4.78, 5) is 23.1. The maximum atomic E-state index is 12.4. The number of nitrogens with one attached hydrogen (secondary N) is 1. The number of amides is 1. The van der Waals surface area contributed by atoms with Crippen molar-refractivity contribution in [1.29, 1.82) is 0 Å². The lowest BCUT2D eigenvalue weighted by Gasteiger charge is -2.21. The van der Waals surface area contributed by atoms with Crippen LogP contribution in [0.1, 0.15) is 49.0 Å². The van der Waals surface area contributed by atoms with Crippen LogP contribution in [0.2, 0.25) is 0 Å². The van der Waals surface area contributed by atoms with Crippen molar-refractivity contribution in [1.82, 2.24) is 5.32 Å². The first-order valence-corrected chi connectivity index (χ1v) is 9.22. The number of halogens is 3. The van der Waals surface area contributed by atoms with E-state index in [4.69, 9.17) is 9.47 Å². The van der Waals surface area contributed by atoms with Crippen molar-refractivity contribution in [3.05, 3.63) is 29.3 Å². The molecule has 0 saturated carbocycles. The maximum absolute atomic E-state index is 12.4. The van der Waals surface area contributed by atoms with Gasteiger partial charge in [-0.05, 0) is 30.0 Å². The van der Waals surface area contributed by atoms with Crippen LogP contribution in [0.4, 0.5) is 13.2 Å². The number of carbonyl (C=O) groups is 2. The Morgan fingerprint density at radius 1 is 1.25 bits per heavy atom. The Morgan fingerprint density at radius 2 is 1.96 bits per heavy atom. The van der Waals surface area contributed by atoms with Gasteiger partial charge in [0.15, 0.2) is 5.78 Å². The second-order valence-corrected chi connectivity index (χ2v) is 6.90. The topological polar surface area (TPSA) is 64.6 Å². The predicted molar refractivity (Wildman–Crippen MR) is 99.6 cm³/mol. The Kier molecular flexibility index (Phi) is 9.99. The fourth-order valence-corrected chi connectivity index (χ4v) is 2.65. The molecule has 0 heterocycles. The van der Waals surface area contributed by atoms with Gasteiger partial charge in [-0.3, -0.25) is 9.59 Å². The number of ether oxygens (including phenoxy) is 2. The second kappa shape index (κ2) is 11.7. The van der Waals surface area contributed by atoms with Gasteiger partial charge in [0.1, 0.15) is 5.75 Å². The van der Waals surface area contributed by atoms with Crippen LogP contribution in [-0.2, 0) is 16.0 Å². The van der Waals surface area contributed by atoms with Gasteiger partial charge >= 0.3 is 6.18 Å². The van der Waals surface area contributed by atoms with Crippen LogP contribution in [-0.4, -0.2) is 44.7 Å². The molecule has 0 spiro atoms. The highest BCUT2D eigenvalue weighted by molar-refractivity contribution is 5.98. The van der Waals surface area contributed by atoms with Crippen molar-refractivity contribution in [3.8, 4) is 5.75 Å². The van der Waals surface area contributed by atoms with Crippen LogP contribution in [0.3, 0.4) is 0 Å². The number of hydrogen-bond acceptors (Lipinski definition) is 4. The molecule has 1 aromatic rings. The SMILES string of the molecule is COCCCOc1cc(CC(NC=O)C(C)C)ccc1C(=O)CCC(F)(F)F. The van der Waals surface area contributed by atoms with E-state index in [0.717, 1.165) is 5.56 Å². The molecule has 5 nitrogen and oxygen atoms in total. The third kappa shape index (κ3) is 8.73. The highest BCUT2D eigenvalue weighted by Crippen LogP contribution is 2.27. The number of hydrogen-bond donors (Lipinski definition) is 1. The first kappa shape index (κ1) is 23.9. The normalized spacial score (nSPS) is 12.7. The Balaban J connectivity index is 3.00. The molecule has 1 unspecified atom stereocenters. The van der Waals surface area contributed by atoms with E-state index < -0.39 is 24.8 Å². The molecular weight excluding hydrogens is 375 g/mol. The van der Waals surface area contributed by atoms with E-state index in [1.807, 2.05) is 13.8 Å². The van der Waals surface area contributed by atoms with Gasteiger partial charge in [-0.15, -0.1) is 0 Å². The van der Waals surface area contributed by atoms with E-state index in [9.17, 15) is 22.8 Å². The molecular formula is C20H28F3NO4. The molecule has 158 valence electrons. The molecule has 0 fully saturated rings. The average Bonchev–Trinajstić information content (AvgIpc) is 2.62. The lowest BCUT2D eigenvalue weighted by molar-refractivity contribution is -0.133. The zero-order valence-electron chi connectivity index (χ0n) is 16.5. The summed E-state index contributed by atoms with van der Waals surface area (Å²) in [5.74, 6) is -0.171. The number of alkyl halides is 3. The fraction of sp³-hybridized carbons (Fsp3) is 0.600. The Bertz CT molecular complexity index is 632. The molecule has 1 aromatic carbocycles. The van der Waals surface area contributed by atoms with Crippen LogP contribution < -0.4 is 10.1 Å². The molecule has 8 heteroatoms. The minimum absolute atomic E-state index is 0.106. The summed E-state index contributed by atoms with van der Waals surface area (Å²) in [6.07, 6.45) is -4.45. The molecule has 0 aliphatic rings. The number of rotatable bonds is 13. The van der Waals surface area contributed by atoms with Crippen molar-refractivity contribution in [2.75, 3.05) is 20.3 Å². The van der Waals surface area contributed by atoms with Gasteiger partial charge in [-0.2, -0.15) is 13.2 Å². The van der Waals surface area contributed by atoms with Gasteiger partial charge in [0.2, 0.25) is 6.41 Å². The number of Topliss-reactive ketones (excluding diaryl/α,β-unsaturated/α-hetero) is 1. The van der Waals surface area contributed by atoms with Gasteiger partial charge in [0, 0.05) is 32.6 Å². The molecule has 0 bridgehead atoms. The fourth-order valence-electron chi connectivity index (χ4n) is 2.65. The van der Waals surface area contributed by atoms with E-state index in [-0.39, 0.29) is 29.9 Å². The minimum Gasteiger partial charge on any atom is -0.493 e. The number of carbonyl (C=O) groups excluding carboxylic acids is 2. The van der Waals surface area contributed by atoms with Crippen molar-refractivity contribution in [3.63, 3.8) is 0 Å². The Morgan fingerprint density at radius 3 is 2.54 bits per heavy atom. The third-order valence-electron chi connectivity index (χ3n) is 4.27. The molecule has 0 radical (unpaired) electrons. The molecule has 0 aromatic heterocycles. The maximum Gasteiger partial charge on any atom is 0.389 e. The van der Waals surface area contributed by atoms with Crippen molar-refractivity contribution < 1.29 is 32.2 Å². The summed E-state index contributed by atoms with van der Waals surface area (Å²) >= 11 is 0. The molecule has 1 N–H and O–H groups in total. The van der Waals surface area contributed by atoms with Gasteiger partial charge in [0.05, 0.1) is 18.6 Å². The van der Waals surface area contributed by atoms with Crippen LogP contribution in [0, 0.1) is 5.92 Å². The second-order valence-electron chi connectivity index (χ2n) is 6.90. The molecule has 1 rings (SSSR count). The van der Waals surface area contributed by atoms with E-state index in [1.54, 1.807) is 19.2 Å². The summed E-state index contributed by atoms with van der Waals surface area (Å²) in [7, 11) is 1.55. The van der Waals surface area contributed by atoms with Crippen LogP contribution in [0.5, 0.6) is 5.75 Å². The summed E-state index contributed by atoms with van der Waals surface area (Å²) in [5.41, 5.74) is 0.956. The molecule has 1 amide bonds. The lowest BCUT2D eigenvalue weighted by atomic mass is 9.94. The summed E-state index contributed by atoms with van der Waals surface area (Å²) in [6, 6.07) is 4.74. The van der Waals surface area contributed by atoms with Crippen LogP contribution in [0.25, 0.3) is 0 Å². The molecule has 0 aliphatic carbocycles. The number of benzene rings is 1. The summed E-state index contributed by atoms with van der Waals surface area (Å²) in [6.45, 7) is 4.68. The van der Waals surface area contributed by atoms with Gasteiger partial charge < -0.3 is 14.8 Å². The van der Waals surface area contributed by atoms with Crippen LogP contribution >= 0.6 is 0 Å². The van der Waals surface area contributed by atoms with Crippen molar-refractivity contribution in [2.45, 2.75) is 51.7 Å². The predicted octanol–water partition coefficient (Wildman–Crippen LogP) is 3.94. The van der Waals surface area contributed by atoms with Crippen LogP contribution in [0.15, 0.2) is 18.2 Å². The number of ketones is 1. The van der Waals surface area contributed by atoms with Crippen molar-refractivity contribution in [2.24, 2.45) is 5.92 Å². The summed E-state index contributed by atoms with van der Waals surface area (Å²) in [5, 5.41) is 2.75. The monoisotopic (exact) mass is 403 g/mol. The smallest absolute Gasteiger partial charge is 0.389 e. The lowest BCUT2D eigenvalue weighted by Crippen LogP contribution is -2.34. The Hall–Kier alpha value is -2.09. The van der Waals surface area contributed by atoms with E-state index in [1.165, 1.54) is 6.07 Å². The molecule has 0 aliphatic heterocycles. The standard InChI is InChI=1S/C20H28F3NO4/c1-14(2)17(24-13-25)11-15-5-6-16(18(26)7-8-20(21,22)23)19(12-15)28-10-4-9-27-3/h5-6,12-14,17H,4,7-11H2,1-3H3,(H,24,25). The molecule has 0 saturated heterocycles. The minimum atomic E-state index is -4.39. The highest BCUT2D eigenvalue weighted by Gasteiger charge is 2.29. The van der Waals surface area contributed by atoms with Gasteiger partial charge in [0.25, 0.3) is 0 Å².